The molecule has 104 valence electrons. The average Bonchev–Trinajstić information content (AvgIpc) is 2.39. The van der Waals surface area contributed by atoms with Crippen LogP contribution in [0, 0.1) is 0 Å². The van der Waals surface area contributed by atoms with Crippen molar-refractivity contribution in [2.24, 2.45) is 0 Å². The molecule has 0 spiro atoms. The minimum Gasteiger partial charge on any atom is -0.320 e. The highest BCUT2D eigenvalue weighted by atomic mass is 35.5. The number of amides is 2. The van der Waals surface area contributed by atoms with Crippen LogP contribution in [0.5, 0.6) is 0 Å². The van der Waals surface area contributed by atoms with E-state index in [1.165, 1.54) is 6.42 Å². The molecule has 0 aliphatic carbocycles. The lowest BCUT2D eigenvalue weighted by Crippen LogP contribution is -2.49. The van der Waals surface area contributed by atoms with Crippen LogP contribution in [-0.2, 0) is 0 Å². The molecule has 2 rings (SSSR count). The first-order valence-corrected chi connectivity index (χ1v) is 7.06. The number of benzene rings is 1. The number of likely N-dealkylation sites (N-methyl/N-ethyl adjacent to an activating group) is 1. The predicted octanol–water partition coefficient (Wildman–Crippen LogP) is 2.95. The lowest BCUT2D eigenvalue weighted by molar-refractivity contribution is 0.162. The number of piperidine rings is 1. The van der Waals surface area contributed by atoms with Gasteiger partial charge in [-0.1, -0.05) is 17.7 Å². The highest BCUT2D eigenvalue weighted by Gasteiger charge is 2.26. The van der Waals surface area contributed by atoms with Crippen molar-refractivity contribution in [1.82, 2.24) is 10.2 Å². The number of nitrogens with one attached hydrogen (secondary N) is 2. The molecule has 5 heteroatoms. The maximum Gasteiger partial charge on any atom is 0.322 e. The molecule has 0 aromatic heterocycles. The van der Waals surface area contributed by atoms with Gasteiger partial charge in [-0.2, -0.15) is 0 Å². The van der Waals surface area contributed by atoms with Crippen LogP contribution in [0.25, 0.3) is 0 Å². The Morgan fingerprint density at radius 1 is 1.47 bits per heavy atom. The first-order valence-electron chi connectivity index (χ1n) is 6.68. The van der Waals surface area contributed by atoms with Gasteiger partial charge in [-0.3, -0.25) is 0 Å². The van der Waals surface area contributed by atoms with Crippen LogP contribution in [0.1, 0.15) is 19.3 Å². The number of nitrogens with zero attached hydrogens (tertiary/aromatic N) is 1. The molecule has 1 fully saturated rings. The van der Waals surface area contributed by atoms with E-state index < -0.39 is 0 Å². The number of carbonyl (C=O) groups excluding carboxylic acids is 1. The standard InChI is InChI=1S/C14H20ClN3O/c1-16-10-13-7-2-3-8-18(13)14(19)17-12-6-4-5-11(15)9-12/h4-6,9,13,16H,2-3,7-8,10H2,1H3,(H,17,19). The second-order valence-electron chi connectivity index (χ2n) is 4.84. The minimum absolute atomic E-state index is 0.0396. The number of carbonyl (C=O) groups is 1. The molecule has 1 atom stereocenters. The van der Waals surface area contributed by atoms with Crippen LogP contribution in [0.2, 0.25) is 5.02 Å². The Balaban J connectivity index is 2.01. The van der Waals surface area contributed by atoms with Crippen LogP contribution >= 0.6 is 11.6 Å². The summed E-state index contributed by atoms with van der Waals surface area (Å²) >= 11 is 5.92. The third-order valence-electron chi connectivity index (χ3n) is 3.40. The third-order valence-corrected chi connectivity index (χ3v) is 3.64. The van der Waals surface area contributed by atoms with E-state index in [2.05, 4.69) is 10.6 Å². The van der Waals surface area contributed by atoms with Gasteiger partial charge in [0.2, 0.25) is 0 Å². The molecule has 0 bridgehead atoms. The van der Waals surface area contributed by atoms with Gasteiger partial charge < -0.3 is 15.5 Å². The van der Waals surface area contributed by atoms with Gasteiger partial charge in [0.15, 0.2) is 0 Å². The Bertz CT molecular complexity index is 436. The van der Waals surface area contributed by atoms with Crippen molar-refractivity contribution < 1.29 is 4.79 Å². The SMILES string of the molecule is CNCC1CCCCN1C(=O)Nc1cccc(Cl)c1. The van der Waals surface area contributed by atoms with E-state index in [1.54, 1.807) is 12.1 Å². The van der Waals surface area contributed by atoms with E-state index in [0.29, 0.717) is 5.02 Å². The fourth-order valence-corrected chi connectivity index (χ4v) is 2.67. The summed E-state index contributed by atoms with van der Waals surface area (Å²) in [5.74, 6) is 0. The van der Waals surface area contributed by atoms with Crippen LogP contribution in [0.15, 0.2) is 24.3 Å². The first-order chi connectivity index (χ1) is 9.20. The highest BCUT2D eigenvalue weighted by molar-refractivity contribution is 6.30. The van der Waals surface area contributed by atoms with Crippen molar-refractivity contribution in [3.05, 3.63) is 29.3 Å². The summed E-state index contributed by atoms with van der Waals surface area (Å²) in [5.41, 5.74) is 0.742. The summed E-state index contributed by atoms with van der Waals surface area (Å²) < 4.78 is 0. The number of likely N-dealkylation sites (tertiary alicyclic amines) is 1. The lowest BCUT2D eigenvalue weighted by Gasteiger charge is -2.35. The first kappa shape index (κ1) is 14.2. The van der Waals surface area contributed by atoms with E-state index in [9.17, 15) is 4.79 Å². The molecular formula is C14H20ClN3O. The molecule has 4 nitrogen and oxygen atoms in total. The molecule has 1 heterocycles. The molecule has 1 aliphatic heterocycles. The summed E-state index contributed by atoms with van der Waals surface area (Å²) in [5, 5.41) is 6.70. The molecule has 1 aliphatic rings. The van der Waals surface area contributed by atoms with E-state index in [-0.39, 0.29) is 12.1 Å². The van der Waals surface area contributed by atoms with Crippen molar-refractivity contribution in [3.63, 3.8) is 0 Å². The number of anilines is 1. The van der Waals surface area contributed by atoms with Crippen LogP contribution < -0.4 is 10.6 Å². The van der Waals surface area contributed by atoms with Crippen molar-refractivity contribution in [3.8, 4) is 0 Å². The normalized spacial score (nSPS) is 19.3. The second kappa shape index (κ2) is 6.78. The molecular weight excluding hydrogens is 262 g/mol. The van der Waals surface area contributed by atoms with Gasteiger partial charge in [0, 0.05) is 29.8 Å². The molecule has 1 unspecified atom stereocenters. The second-order valence-corrected chi connectivity index (χ2v) is 5.28. The van der Waals surface area contributed by atoms with Crippen LogP contribution in [0.3, 0.4) is 0 Å². The van der Waals surface area contributed by atoms with Gasteiger partial charge in [-0.15, -0.1) is 0 Å². The summed E-state index contributed by atoms with van der Waals surface area (Å²) in [6.07, 6.45) is 3.32. The maximum absolute atomic E-state index is 12.3. The zero-order valence-electron chi connectivity index (χ0n) is 11.2. The topological polar surface area (TPSA) is 44.4 Å². The highest BCUT2D eigenvalue weighted by Crippen LogP contribution is 2.19. The predicted molar refractivity (Wildman–Crippen MR) is 78.7 cm³/mol. The Hall–Kier alpha value is -1.26. The number of halogens is 1. The molecule has 19 heavy (non-hydrogen) atoms. The van der Waals surface area contributed by atoms with E-state index >= 15 is 0 Å². The zero-order valence-corrected chi connectivity index (χ0v) is 11.9. The molecule has 1 aromatic carbocycles. The van der Waals surface area contributed by atoms with Crippen molar-refractivity contribution in [1.29, 1.82) is 0 Å². The minimum atomic E-state index is -0.0396. The third kappa shape index (κ3) is 3.85. The number of hydrogen-bond acceptors (Lipinski definition) is 2. The molecule has 2 amide bonds. The van der Waals surface area contributed by atoms with Crippen LogP contribution in [-0.4, -0.2) is 37.1 Å². The van der Waals surface area contributed by atoms with E-state index in [0.717, 1.165) is 31.6 Å². The van der Waals surface area contributed by atoms with Gasteiger partial charge in [-0.05, 0) is 44.5 Å². The summed E-state index contributed by atoms with van der Waals surface area (Å²) in [6.45, 7) is 1.65. The Morgan fingerprint density at radius 2 is 2.32 bits per heavy atom. The van der Waals surface area contributed by atoms with Crippen molar-refractivity contribution >= 4 is 23.3 Å². The molecule has 0 saturated carbocycles. The average molecular weight is 282 g/mol. The van der Waals surface area contributed by atoms with Crippen LogP contribution in [0.4, 0.5) is 10.5 Å². The number of hydrogen-bond donors (Lipinski definition) is 2. The van der Waals surface area contributed by atoms with E-state index in [1.807, 2.05) is 24.1 Å². The van der Waals surface area contributed by atoms with Crippen molar-refractivity contribution in [2.75, 3.05) is 25.5 Å². The van der Waals surface area contributed by atoms with E-state index in [4.69, 9.17) is 11.6 Å². The summed E-state index contributed by atoms with van der Waals surface area (Å²) in [7, 11) is 1.92. The zero-order chi connectivity index (χ0) is 13.7. The molecule has 1 saturated heterocycles. The Kier molecular flexibility index (Phi) is 5.05. The monoisotopic (exact) mass is 281 g/mol. The van der Waals surface area contributed by atoms with Gasteiger partial charge in [-0.25, -0.2) is 4.79 Å². The Labute approximate surface area is 119 Å². The largest absolute Gasteiger partial charge is 0.322 e. The smallest absolute Gasteiger partial charge is 0.320 e. The molecule has 2 N–H and O–H groups in total. The maximum atomic E-state index is 12.3. The molecule has 1 aromatic rings. The molecule has 0 radical (unpaired) electrons. The quantitative estimate of drug-likeness (QED) is 0.895. The number of urea groups is 1. The Morgan fingerprint density at radius 3 is 3.05 bits per heavy atom. The van der Waals surface area contributed by atoms with Gasteiger partial charge >= 0.3 is 6.03 Å². The van der Waals surface area contributed by atoms with Gasteiger partial charge in [0.25, 0.3) is 0 Å². The van der Waals surface area contributed by atoms with Gasteiger partial charge in [0.05, 0.1) is 0 Å². The summed E-state index contributed by atoms with van der Waals surface area (Å²) in [4.78, 5) is 14.2. The lowest BCUT2D eigenvalue weighted by atomic mass is 10.0. The fraction of sp³-hybridized carbons (Fsp3) is 0.500. The van der Waals surface area contributed by atoms with Crippen molar-refractivity contribution in [2.45, 2.75) is 25.3 Å². The van der Waals surface area contributed by atoms with Gasteiger partial charge in [0.1, 0.15) is 0 Å². The fourth-order valence-electron chi connectivity index (χ4n) is 2.48. The number of rotatable bonds is 3. The summed E-state index contributed by atoms with van der Waals surface area (Å²) in [6, 6.07) is 7.47.